The number of imidazole rings is 1. The van der Waals surface area contributed by atoms with E-state index in [-0.39, 0.29) is 29.6 Å². The molecule has 2 aromatic heterocycles. The highest BCUT2D eigenvalue weighted by Gasteiger charge is 2.28. The monoisotopic (exact) mass is 563 g/mol. The number of hydrogen-bond donors (Lipinski definition) is 3. The minimum Gasteiger partial charge on any atom is -0.403 e. The van der Waals surface area contributed by atoms with Crippen LogP contribution in [0.15, 0.2) is 30.6 Å². The fourth-order valence-corrected chi connectivity index (χ4v) is 6.23. The Morgan fingerprint density at radius 1 is 0.976 bits per heavy atom. The van der Waals surface area contributed by atoms with E-state index in [0.29, 0.717) is 43.7 Å². The lowest BCUT2D eigenvalue weighted by Gasteiger charge is -2.32. The molecule has 13 heteroatoms. The molecular formula is C28H37N9O4. The molecule has 0 spiro atoms. The molecule has 6 rings (SSSR count). The van der Waals surface area contributed by atoms with Crippen LogP contribution in [0.4, 0.5) is 22.2 Å². The lowest BCUT2D eigenvalue weighted by atomic mass is 9.92. The van der Waals surface area contributed by atoms with Gasteiger partial charge in [-0.3, -0.25) is 10.1 Å². The second-order valence-corrected chi connectivity index (χ2v) is 11.4. The summed E-state index contributed by atoms with van der Waals surface area (Å²) in [6, 6.07) is 6.93. The van der Waals surface area contributed by atoms with Gasteiger partial charge in [0, 0.05) is 43.3 Å². The van der Waals surface area contributed by atoms with Crippen LogP contribution in [0.25, 0.3) is 11.2 Å². The molecule has 2 aliphatic carbocycles. The van der Waals surface area contributed by atoms with Crippen molar-refractivity contribution in [1.29, 1.82) is 0 Å². The van der Waals surface area contributed by atoms with Crippen molar-refractivity contribution in [3.63, 3.8) is 0 Å². The lowest BCUT2D eigenvalue weighted by molar-refractivity contribution is -0.385. The molecule has 3 fully saturated rings. The van der Waals surface area contributed by atoms with Crippen molar-refractivity contribution < 1.29 is 14.5 Å². The second kappa shape index (κ2) is 11.9. The molecule has 1 amide bonds. The first-order valence-corrected chi connectivity index (χ1v) is 14.7. The Kier molecular flexibility index (Phi) is 7.86. The molecule has 1 aliphatic heterocycles. The van der Waals surface area contributed by atoms with Crippen molar-refractivity contribution in [3.05, 3.63) is 40.7 Å². The van der Waals surface area contributed by atoms with Gasteiger partial charge < -0.3 is 30.6 Å². The molecule has 0 radical (unpaired) electrons. The van der Waals surface area contributed by atoms with Gasteiger partial charge in [-0.05, 0) is 57.4 Å². The van der Waals surface area contributed by atoms with E-state index in [0.717, 1.165) is 49.7 Å². The van der Waals surface area contributed by atoms with Gasteiger partial charge in [-0.1, -0.05) is 25.0 Å². The van der Waals surface area contributed by atoms with Crippen molar-refractivity contribution in [2.45, 2.75) is 88.4 Å². The fraction of sp³-hybridized carbons (Fsp3) is 0.571. The summed E-state index contributed by atoms with van der Waals surface area (Å²) >= 11 is 0. The quantitative estimate of drug-likeness (QED) is 0.273. The standard InChI is InChI=1S/C28H37N9O4/c29-18-9-11-19(12-10-18)32-27-33-25(24-26(34-27)36(17-30-24)21-5-1-2-6-21)31-20-13-15-35(16-14-20)28(38)41-23-8-4-3-7-22(23)37(39)40/h3-4,7-8,17-21H,1-2,5-6,9-16,29H2,(H2,31,32,33,34). The SMILES string of the molecule is NC1CCC(Nc2nc(NC3CCN(C(=O)Oc4ccccc4[N+](=O)[O-])CC3)c3ncn(C4CCCC4)c3n2)CC1. The van der Waals surface area contributed by atoms with E-state index in [1.54, 1.807) is 17.0 Å². The Bertz CT molecular complexity index is 1390. The number of rotatable bonds is 7. The third-order valence-electron chi connectivity index (χ3n) is 8.60. The minimum atomic E-state index is -0.587. The van der Waals surface area contributed by atoms with Crippen LogP contribution in [0.5, 0.6) is 5.75 Å². The summed E-state index contributed by atoms with van der Waals surface area (Å²) in [4.78, 5) is 39.6. The van der Waals surface area contributed by atoms with E-state index in [9.17, 15) is 14.9 Å². The Morgan fingerprint density at radius 3 is 2.41 bits per heavy atom. The zero-order chi connectivity index (χ0) is 28.3. The highest BCUT2D eigenvalue weighted by atomic mass is 16.6. The molecule has 0 bridgehead atoms. The van der Waals surface area contributed by atoms with Crippen LogP contribution in [-0.2, 0) is 0 Å². The largest absolute Gasteiger partial charge is 0.415 e. The molecule has 0 unspecified atom stereocenters. The van der Waals surface area contributed by atoms with E-state index in [1.807, 2.05) is 6.33 Å². The summed E-state index contributed by atoms with van der Waals surface area (Å²) in [5.74, 6) is 1.25. The van der Waals surface area contributed by atoms with Crippen LogP contribution in [-0.4, -0.2) is 66.7 Å². The van der Waals surface area contributed by atoms with Crippen LogP contribution >= 0.6 is 0 Å². The summed E-state index contributed by atoms with van der Waals surface area (Å²) in [6.07, 6.45) is 11.3. The van der Waals surface area contributed by atoms with E-state index in [2.05, 4.69) is 15.2 Å². The molecule has 1 saturated heterocycles. The van der Waals surface area contributed by atoms with Gasteiger partial charge in [-0.25, -0.2) is 9.78 Å². The predicted octanol–water partition coefficient (Wildman–Crippen LogP) is 4.61. The van der Waals surface area contributed by atoms with Gasteiger partial charge in [0.25, 0.3) is 0 Å². The number of nitrogens with one attached hydrogen (secondary N) is 2. The number of nitrogens with two attached hydrogens (primary N) is 1. The third-order valence-corrected chi connectivity index (χ3v) is 8.60. The van der Waals surface area contributed by atoms with Gasteiger partial charge in [-0.15, -0.1) is 0 Å². The maximum Gasteiger partial charge on any atom is 0.415 e. The molecule has 41 heavy (non-hydrogen) atoms. The first-order chi connectivity index (χ1) is 19.9. The van der Waals surface area contributed by atoms with Crippen molar-refractivity contribution in [3.8, 4) is 5.75 Å². The Morgan fingerprint density at radius 2 is 1.68 bits per heavy atom. The summed E-state index contributed by atoms with van der Waals surface area (Å²) in [7, 11) is 0. The molecule has 0 atom stereocenters. The molecular weight excluding hydrogens is 526 g/mol. The predicted molar refractivity (Wildman–Crippen MR) is 154 cm³/mol. The number of nitro groups is 1. The number of ether oxygens (including phenoxy) is 1. The highest BCUT2D eigenvalue weighted by Crippen LogP contribution is 2.34. The first kappa shape index (κ1) is 27.2. The number of para-hydroxylation sites is 2. The summed E-state index contributed by atoms with van der Waals surface area (Å²) < 4.78 is 7.59. The maximum absolute atomic E-state index is 12.8. The normalized spacial score (nSPS) is 22.1. The summed E-state index contributed by atoms with van der Waals surface area (Å²) in [6.45, 7) is 0.907. The number of likely N-dealkylation sites (tertiary alicyclic amines) is 1. The van der Waals surface area contributed by atoms with Crippen molar-refractivity contribution in [1.82, 2.24) is 24.4 Å². The second-order valence-electron chi connectivity index (χ2n) is 11.4. The number of nitrogens with zero attached hydrogens (tertiary/aromatic N) is 6. The van der Waals surface area contributed by atoms with Crippen molar-refractivity contribution in [2.24, 2.45) is 5.73 Å². The molecule has 218 valence electrons. The average molecular weight is 564 g/mol. The zero-order valence-corrected chi connectivity index (χ0v) is 23.1. The Balaban J connectivity index is 1.15. The van der Waals surface area contributed by atoms with Crippen LogP contribution < -0.4 is 21.1 Å². The highest BCUT2D eigenvalue weighted by molar-refractivity contribution is 5.84. The fourth-order valence-electron chi connectivity index (χ4n) is 6.23. The number of carbonyl (C=O) groups excluding carboxylic acids is 1. The smallest absolute Gasteiger partial charge is 0.403 e. The Hall–Kier alpha value is -4.00. The van der Waals surface area contributed by atoms with Crippen molar-refractivity contribution in [2.75, 3.05) is 23.7 Å². The molecule has 1 aromatic carbocycles. The molecule has 4 N–H and O–H groups in total. The number of nitro benzene ring substituents is 1. The summed E-state index contributed by atoms with van der Waals surface area (Å²) in [5, 5.41) is 18.4. The summed E-state index contributed by atoms with van der Waals surface area (Å²) in [5.41, 5.74) is 7.48. The third kappa shape index (κ3) is 6.04. The molecule has 3 aromatic rings. The number of hydrogen-bond acceptors (Lipinski definition) is 10. The molecule has 2 saturated carbocycles. The van der Waals surface area contributed by atoms with Gasteiger partial charge in [0.1, 0.15) is 0 Å². The van der Waals surface area contributed by atoms with E-state index >= 15 is 0 Å². The molecule has 13 nitrogen and oxygen atoms in total. The zero-order valence-electron chi connectivity index (χ0n) is 23.1. The van der Waals surface area contributed by atoms with Crippen LogP contribution in [0.2, 0.25) is 0 Å². The maximum atomic E-state index is 12.8. The number of carbonyl (C=O) groups is 1. The molecule has 3 aliphatic rings. The number of fused-ring (bicyclic) bond motifs is 1. The lowest BCUT2D eigenvalue weighted by Crippen LogP contribution is -2.43. The number of anilines is 2. The van der Waals surface area contributed by atoms with Crippen molar-refractivity contribution >= 4 is 34.7 Å². The van der Waals surface area contributed by atoms with Gasteiger partial charge >= 0.3 is 11.8 Å². The van der Waals surface area contributed by atoms with E-state index in [1.165, 1.54) is 25.0 Å². The van der Waals surface area contributed by atoms with Gasteiger partial charge in [0.15, 0.2) is 17.0 Å². The van der Waals surface area contributed by atoms with E-state index in [4.69, 9.17) is 25.4 Å². The number of piperidine rings is 1. The Labute approximate surface area is 238 Å². The number of benzene rings is 1. The van der Waals surface area contributed by atoms with Gasteiger partial charge in [0.05, 0.1) is 11.3 Å². The molecule has 3 heterocycles. The van der Waals surface area contributed by atoms with E-state index < -0.39 is 11.0 Å². The van der Waals surface area contributed by atoms with Gasteiger partial charge in [0.2, 0.25) is 11.7 Å². The minimum absolute atomic E-state index is 0.0519. The van der Waals surface area contributed by atoms with Crippen LogP contribution in [0, 0.1) is 10.1 Å². The van der Waals surface area contributed by atoms with Crippen LogP contribution in [0.1, 0.15) is 70.3 Å². The topological polar surface area (TPSA) is 166 Å². The average Bonchev–Trinajstić information content (AvgIpc) is 3.65. The number of amides is 1. The number of aromatic nitrogens is 4. The van der Waals surface area contributed by atoms with Crippen LogP contribution in [0.3, 0.4) is 0 Å². The first-order valence-electron chi connectivity index (χ1n) is 14.7. The van der Waals surface area contributed by atoms with Gasteiger partial charge in [-0.2, -0.15) is 9.97 Å².